The van der Waals surface area contributed by atoms with Crippen molar-refractivity contribution in [1.29, 1.82) is 0 Å². The Kier molecular flexibility index (Phi) is 33.5. The van der Waals surface area contributed by atoms with Crippen LogP contribution in [0.25, 0.3) is 0 Å². The molecule has 0 aromatic carbocycles. The third-order valence-electron chi connectivity index (χ3n) is 8.30. The van der Waals surface area contributed by atoms with Crippen molar-refractivity contribution >= 4 is 11.9 Å². The molecule has 0 saturated heterocycles. The molecule has 0 rings (SSSR count). The number of halogens is 1. The van der Waals surface area contributed by atoms with E-state index in [-0.39, 0.29) is 31.0 Å². The smallest absolute Gasteiger partial charge is 0.306 e. The fraction of sp³-hybridized carbons (Fsp3) is 0.944. The number of carbonyl (C=O) groups is 2. The average molecular weight is 634 g/mol. The van der Waals surface area contributed by atoms with Crippen molar-refractivity contribution in [2.45, 2.75) is 174 Å². The summed E-state index contributed by atoms with van der Waals surface area (Å²) in [5.74, 6) is -0.358. The number of carbonyl (C=O) groups excluding carboxylic acids is 2. The molecule has 0 radical (unpaired) electrons. The van der Waals surface area contributed by atoms with Crippen LogP contribution in [0.5, 0.6) is 0 Å². The molecule has 0 saturated carbocycles. The largest absolute Gasteiger partial charge is 1.00 e. The SMILES string of the molecule is CCCCCCCCCCCCCC(=O)OCC(C[N+](C)(C)CCOC)OC(=O)CCCCCCCCCCCCC.[Cl-]. The second kappa shape index (κ2) is 32.5. The molecule has 0 bridgehead atoms. The Labute approximate surface area is 273 Å². The fourth-order valence-corrected chi connectivity index (χ4v) is 5.47. The second-order valence-corrected chi connectivity index (χ2v) is 13.2. The van der Waals surface area contributed by atoms with E-state index in [4.69, 9.17) is 14.2 Å². The van der Waals surface area contributed by atoms with Gasteiger partial charge in [-0.2, -0.15) is 0 Å². The Morgan fingerprint density at radius 1 is 0.581 bits per heavy atom. The molecule has 0 aromatic heterocycles. The van der Waals surface area contributed by atoms with Gasteiger partial charge in [-0.15, -0.1) is 0 Å². The number of hydrogen-bond acceptors (Lipinski definition) is 5. The molecule has 7 heteroatoms. The van der Waals surface area contributed by atoms with Crippen molar-refractivity contribution in [3.63, 3.8) is 0 Å². The molecule has 0 aliphatic heterocycles. The molecule has 1 atom stereocenters. The number of hydrogen-bond donors (Lipinski definition) is 0. The summed E-state index contributed by atoms with van der Waals surface area (Å²) < 4.78 is 17.3. The highest BCUT2D eigenvalue weighted by Gasteiger charge is 2.26. The zero-order chi connectivity index (χ0) is 31.2. The number of ether oxygens (including phenoxy) is 3. The lowest BCUT2D eigenvalue weighted by Crippen LogP contribution is -3.00. The van der Waals surface area contributed by atoms with Crippen LogP contribution in [0.1, 0.15) is 168 Å². The number of likely N-dealkylation sites (N-methyl/N-ethyl adjacent to an activating group) is 1. The summed E-state index contributed by atoms with van der Waals surface area (Å²) in [6, 6.07) is 0. The van der Waals surface area contributed by atoms with Crippen LogP contribution >= 0.6 is 0 Å². The summed E-state index contributed by atoms with van der Waals surface area (Å²) in [6.07, 6.45) is 28.0. The topological polar surface area (TPSA) is 61.8 Å². The van der Waals surface area contributed by atoms with E-state index in [0.29, 0.717) is 30.5 Å². The molecular weight excluding hydrogens is 562 g/mol. The molecule has 0 aromatic rings. The Hall–Kier alpha value is -0.850. The zero-order valence-electron chi connectivity index (χ0n) is 29.2. The molecule has 0 N–H and O–H groups in total. The molecule has 0 aliphatic carbocycles. The van der Waals surface area contributed by atoms with Crippen LogP contribution in [-0.4, -0.2) is 70.0 Å². The van der Waals surface area contributed by atoms with Crippen molar-refractivity contribution in [2.75, 3.05) is 47.5 Å². The van der Waals surface area contributed by atoms with E-state index in [9.17, 15) is 9.59 Å². The highest BCUT2D eigenvalue weighted by atomic mass is 35.5. The normalized spacial score (nSPS) is 12.1. The minimum Gasteiger partial charge on any atom is -1.00 e. The van der Waals surface area contributed by atoms with Crippen LogP contribution in [0, 0.1) is 0 Å². The molecular formula is C36H72ClNO5. The lowest BCUT2D eigenvalue weighted by molar-refractivity contribution is -0.893. The van der Waals surface area contributed by atoms with Gasteiger partial charge in [0.05, 0.1) is 20.7 Å². The first-order valence-corrected chi connectivity index (χ1v) is 18.0. The van der Waals surface area contributed by atoms with E-state index in [1.54, 1.807) is 7.11 Å². The lowest BCUT2D eigenvalue weighted by Gasteiger charge is -2.32. The zero-order valence-corrected chi connectivity index (χ0v) is 30.0. The maximum Gasteiger partial charge on any atom is 0.306 e. The third-order valence-corrected chi connectivity index (χ3v) is 8.30. The van der Waals surface area contributed by atoms with Crippen molar-refractivity contribution in [3.05, 3.63) is 0 Å². The number of quaternary nitrogens is 1. The van der Waals surface area contributed by atoms with Crippen molar-refractivity contribution in [3.8, 4) is 0 Å². The Balaban J connectivity index is 0. The van der Waals surface area contributed by atoms with Crippen molar-refractivity contribution < 1.29 is 40.7 Å². The minimum absolute atomic E-state index is 0. The summed E-state index contributed by atoms with van der Waals surface area (Å²) in [7, 11) is 5.88. The van der Waals surface area contributed by atoms with Crippen LogP contribution in [-0.2, 0) is 23.8 Å². The van der Waals surface area contributed by atoms with Crippen molar-refractivity contribution in [2.24, 2.45) is 0 Å². The van der Waals surface area contributed by atoms with Gasteiger partial charge in [0, 0.05) is 20.0 Å². The van der Waals surface area contributed by atoms with Gasteiger partial charge in [-0.3, -0.25) is 9.59 Å². The van der Waals surface area contributed by atoms with E-state index in [1.807, 2.05) is 0 Å². The van der Waals surface area contributed by atoms with Crippen LogP contribution < -0.4 is 12.4 Å². The molecule has 0 aliphatic rings. The number of methoxy groups -OCH3 is 1. The summed E-state index contributed by atoms with van der Waals surface area (Å²) in [6.45, 7) is 6.68. The van der Waals surface area contributed by atoms with Gasteiger partial charge >= 0.3 is 11.9 Å². The van der Waals surface area contributed by atoms with Gasteiger partial charge in [-0.1, -0.05) is 142 Å². The standard InChI is InChI=1S/C36H72NO5.ClH/c1-6-8-10-12-14-16-18-20-22-24-26-28-35(38)41-33-34(32-37(3,4)30-31-40-5)42-36(39)29-27-25-23-21-19-17-15-13-11-9-7-2;/h34H,6-33H2,1-5H3;1H/q+1;/p-1. The maximum absolute atomic E-state index is 12.6. The molecule has 0 fully saturated rings. The molecule has 0 amide bonds. The van der Waals surface area contributed by atoms with Gasteiger partial charge in [0.1, 0.15) is 19.7 Å². The van der Waals surface area contributed by atoms with E-state index < -0.39 is 6.10 Å². The van der Waals surface area contributed by atoms with Gasteiger partial charge in [0.25, 0.3) is 0 Å². The highest BCUT2D eigenvalue weighted by Crippen LogP contribution is 2.14. The van der Waals surface area contributed by atoms with Gasteiger partial charge in [-0.25, -0.2) is 0 Å². The highest BCUT2D eigenvalue weighted by molar-refractivity contribution is 5.70. The van der Waals surface area contributed by atoms with Crippen LogP contribution in [0.3, 0.4) is 0 Å². The van der Waals surface area contributed by atoms with E-state index in [1.165, 1.54) is 116 Å². The van der Waals surface area contributed by atoms with Gasteiger partial charge in [-0.05, 0) is 12.8 Å². The van der Waals surface area contributed by atoms with Gasteiger partial charge in [0.15, 0.2) is 6.10 Å². The molecule has 6 nitrogen and oxygen atoms in total. The fourth-order valence-electron chi connectivity index (χ4n) is 5.47. The maximum atomic E-state index is 12.6. The predicted octanol–water partition coefficient (Wildman–Crippen LogP) is 6.57. The summed E-state index contributed by atoms with van der Waals surface area (Å²) >= 11 is 0. The van der Waals surface area contributed by atoms with Gasteiger partial charge < -0.3 is 31.1 Å². The van der Waals surface area contributed by atoms with Gasteiger partial charge in [0.2, 0.25) is 0 Å². The monoisotopic (exact) mass is 634 g/mol. The number of unbranched alkanes of at least 4 members (excludes halogenated alkanes) is 20. The quantitative estimate of drug-likeness (QED) is 0.0476. The molecule has 43 heavy (non-hydrogen) atoms. The van der Waals surface area contributed by atoms with Crippen LogP contribution in [0.15, 0.2) is 0 Å². The first-order valence-electron chi connectivity index (χ1n) is 18.0. The Bertz CT molecular complexity index is 616. The molecule has 1 unspecified atom stereocenters. The van der Waals surface area contributed by atoms with Crippen molar-refractivity contribution in [1.82, 2.24) is 0 Å². The Morgan fingerprint density at radius 3 is 1.35 bits per heavy atom. The third kappa shape index (κ3) is 32.4. The Morgan fingerprint density at radius 2 is 0.953 bits per heavy atom. The number of nitrogens with zero attached hydrogens (tertiary/aromatic N) is 1. The number of esters is 2. The molecule has 0 heterocycles. The summed E-state index contributed by atoms with van der Waals surface area (Å²) in [5.41, 5.74) is 0. The summed E-state index contributed by atoms with van der Waals surface area (Å²) in [4.78, 5) is 25.1. The van der Waals surface area contributed by atoms with Crippen LogP contribution in [0.2, 0.25) is 0 Å². The number of rotatable bonds is 32. The molecule has 0 spiro atoms. The first kappa shape index (κ1) is 44.3. The van der Waals surface area contributed by atoms with E-state index >= 15 is 0 Å². The second-order valence-electron chi connectivity index (χ2n) is 13.2. The average Bonchev–Trinajstić information content (AvgIpc) is 2.96. The van der Waals surface area contributed by atoms with E-state index in [0.717, 1.165) is 32.2 Å². The minimum atomic E-state index is -0.432. The predicted molar refractivity (Wildman–Crippen MR) is 177 cm³/mol. The molecule has 258 valence electrons. The summed E-state index contributed by atoms with van der Waals surface area (Å²) in [5, 5.41) is 0. The van der Waals surface area contributed by atoms with Crippen LogP contribution in [0.4, 0.5) is 0 Å². The first-order chi connectivity index (χ1) is 20.3. The van der Waals surface area contributed by atoms with E-state index in [2.05, 4.69) is 27.9 Å². The lowest BCUT2D eigenvalue weighted by atomic mass is 10.1.